The predicted octanol–water partition coefficient (Wildman–Crippen LogP) is 0.318. The van der Waals surface area contributed by atoms with Gasteiger partial charge in [0.2, 0.25) is 5.91 Å². The molecule has 0 aromatic rings. The van der Waals surface area contributed by atoms with Crippen molar-refractivity contribution in [2.45, 2.75) is 43.1 Å². The third-order valence-corrected chi connectivity index (χ3v) is 5.00. The summed E-state index contributed by atoms with van der Waals surface area (Å²) in [7, 11) is 0. The number of aliphatic hydroxyl groups excluding tert-OH is 1. The molecule has 5 nitrogen and oxygen atoms in total. The van der Waals surface area contributed by atoms with E-state index in [1.165, 1.54) is 4.90 Å². The molecule has 0 bridgehead atoms. The summed E-state index contributed by atoms with van der Waals surface area (Å²) in [6.45, 7) is 2.02. The van der Waals surface area contributed by atoms with Crippen molar-refractivity contribution in [2.75, 3.05) is 12.3 Å². The summed E-state index contributed by atoms with van der Waals surface area (Å²) in [4.78, 5) is 24.8. The van der Waals surface area contributed by atoms with Gasteiger partial charge in [-0.15, -0.1) is 11.8 Å². The Balaban J connectivity index is 2.15. The lowest BCUT2D eigenvalue weighted by Gasteiger charge is -2.30. The molecule has 0 saturated carbocycles. The molecule has 0 aromatic carbocycles. The molecule has 2 heterocycles. The van der Waals surface area contributed by atoms with Crippen molar-refractivity contribution in [3.8, 4) is 0 Å². The molecule has 1 amide bonds. The van der Waals surface area contributed by atoms with Crippen LogP contribution in [0.5, 0.6) is 0 Å². The van der Waals surface area contributed by atoms with Crippen molar-refractivity contribution in [1.29, 1.82) is 0 Å². The van der Waals surface area contributed by atoms with E-state index >= 15 is 0 Å². The average molecular weight is 259 g/mol. The van der Waals surface area contributed by atoms with Crippen LogP contribution in [0.3, 0.4) is 0 Å². The number of carboxylic acids is 1. The number of carbonyl (C=O) groups is 2. The zero-order chi connectivity index (χ0) is 12.6. The van der Waals surface area contributed by atoms with Crippen molar-refractivity contribution in [3.63, 3.8) is 0 Å². The Labute approximate surface area is 104 Å². The zero-order valence-electron chi connectivity index (χ0n) is 9.76. The molecule has 2 saturated heterocycles. The molecule has 17 heavy (non-hydrogen) atoms. The van der Waals surface area contributed by atoms with E-state index in [2.05, 4.69) is 0 Å². The summed E-state index contributed by atoms with van der Waals surface area (Å²) in [5.74, 6) is -0.221. The minimum atomic E-state index is -1.03. The minimum absolute atomic E-state index is 0.135. The molecule has 2 aliphatic rings. The number of thioether (sulfide) groups is 1. The second kappa shape index (κ2) is 4.49. The second-order valence-electron chi connectivity index (χ2n) is 4.88. The molecule has 0 aromatic heterocycles. The number of aliphatic hydroxyl groups is 1. The lowest BCUT2D eigenvalue weighted by molar-refractivity contribution is -0.149. The van der Waals surface area contributed by atoms with Crippen molar-refractivity contribution < 1.29 is 19.8 Å². The number of carbonyl (C=O) groups excluding carboxylic acids is 1. The highest BCUT2D eigenvalue weighted by Gasteiger charge is 2.47. The highest BCUT2D eigenvalue weighted by atomic mass is 32.2. The molecule has 0 radical (unpaired) electrons. The smallest absolute Gasteiger partial charge is 0.326 e. The van der Waals surface area contributed by atoms with Gasteiger partial charge < -0.3 is 15.1 Å². The van der Waals surface area contributed by atoms with Crippen molar-refractivity contribution in [2.24, 2.45) is 0 Å². The first-order chi connectivity index (χ1) is 7.94. The van der Waals surface area contributed by atoms with E-state index in [0.717, 1.165) is 18.6 Å². The monoisotopic (exact) mass is 259 g/mol. The third kappa shape index (κ3) is 2.28. The van der Waals surface area contributed by atoms with Crippen LogP contribution >= 0.6 is 11.8 Å². The number of likely N-dealkylation sites (tertiary alicyclic amines) is 1. The summed E-state index contributed by atoms with van der Waals surface area (Å²) in [5, 5.41) is 18.6. The summed E-state index contributed by atoms with van der Waals surface area (Å²) in [6, 6.07) is -0.865. The van der Waals surface area contributed by atoms with Crippen LogP contribution in [-0.2, 0) is 9.59 Å². The zero-order valence-corrected chi connectivity index (χ0v) is 10.6. The van der Waals surface area contributed by atoms with Crippen LogP contribution in [-0.4, -0.2) is 56.2 Å². The molecule has 1 unspecified atom stereocenters. The molecule has 3 atom stereocenters. The van der Waals surface area contributed by atoms with E-state index in [-0.39, 0.29) is 18.9 Å². The summed E-state index contributed by atoms with van der Waals surface area (Å²) >= 11 is 1.59. The quantitative estimate of drug-likeness (QED) is 0.746. The van der Waals surface area contributed by atoms with Gasteiger partial charge in [-0.05, 0) is 25.5 Å². The normalized spacial score (nSPS) is 37.4. The van der Waals surface area contributed by atoms with E-state index < -0.39 is 22.9 Å². The van der Waals surface area contributed by atoms with Gasteiger partial charge in [0.1, 0.15) is 6.04 Å². The van der Waals surface area contributed by atoms with Crippen LogP contribution in [0.1, 0.15) is 26.2 Å². The van der Waals surface area contributed by atoms with E-state index in [4.69, 9.17) is 5.11 Å². The first kappa shape index (κ1) is 12.7. The van der Waals surface area contributed by atoms with Gasteiger partial charge in [0.15, 0.2) is 0 Å². The Kier molecular flexibility index (Phi) is 3.36. The number of amides is 1. The van der Waals surface area contributed by atoms with Crippen LogP contribution in [0, 0.1) is 0 Å². The van der Waals surface area contributed by atoms with E-state index in [1.807, 2.05) is 6.92 Å². The van der Waals surface area contributed by atoms with Gasteiger partial charge in [0.25, 0.3) is 0 Å². The van der Waals surface area contributed by atoms with Crippen LogP contribution in [0.15, 0.2) is 0 Å². The van der Waals surface area contributed by atoms with Gasteiger partial charge in [0, 0.05) is 13.0 Å². The van der Waals surface area contributed by atoms with E-state index in [9.17, 15) is 14.7 Å². The van der Waals surface area contributed by atoms with Crippen LogP contribution < -0.4 is 0 Å². The third-order valence-electron chi connectivity index (χ3n) is 3.50. The fourth-order valence-corrected chi connectivity index (χ4v) is 3.79. The number of aliphatic carboxylic acids is 1. The Bertz CT molecular complexity index is 340. The number of rotatable bonds is 2. The lowest BCUT2D eigenvalue weighted by atomic mass is 10.0. The highest BCUT2D eigenvalue weighted by Crippen LogP contribution is 2.40. The van der Waals surface area contributed by atoms with Gasteiger partial charge in [0.05, 0.1) is 10.9 Å². The van der Waals surface area contributed by atoms with E-state index in [1.54, 1.807) is 11.8 Å². The highest BCUT2D eigenvalue weighted by molar-refractivity contribution is 8.01. The molecule has 2 rings (SSSR count). The topological polar surface area (TPSA) is 77.8 Å². The maximum Gasteiger partial charge on any atom is 0.326 e. The van der Waals surface area contributed by atoms with Gasteiger partial charge in [-0.2, -0.15) is 0 Å². The molecule has 96 valence electrons. The Morgan fingerprint density at radius 1 is 1.47 bits per heavy atom. The summed E-state index contributed by atoms with van der Waals surface area (Å²) in [6.07, 6.45) is 1.20. The SMILES string of the molecule is CC1(C(=O)N2C[C@H](O)C[C@@H]2C(=O)O)CCCS1. The van der Waals surface area contributed by atoms with Crippen molar-refractivity contribution in [3.05, 3.63) is 0 Å². The fourth-order valence-electron chi connectivity index (χ4n) is 2.52. The average Bonchev–Trinajstić information content (AvgIpc) is 2.84. The minimum Gasteiger partial charge on any atom is -0.480 e. The lowest BCUT2D eigenvalue weighted by Crippen LogP contribution is -2.48. The maximum absolute atomic E-state index is 12.4. The molecule has 0 aliphatic carbocycles. The number of hydrogen-bond donors (Lipinski definition) is 2. The Hall–Kier alpha value is -0.750. The number of carboxylic acid groups (broad SMARTS) is 1. The molecule has 2 aliphatic heterocycles. The predicted molar refractivity (Wildman–Crippen MR) is 63.9 cm³/mol. The molecule has 0 spiro atoms. The fraction of sp³-hybridized carbons (Fsp3) is 0.818. The standard InChI is InChI=1S/C11H17NO4S/c1-11(3-2-4-17-11)10(16)12-6-7(13)5-8(12)9(14)15/h7-8,13H,2-6H2,1H3,(H,14,15)/t7-,8-,11?/m1/s1. The molecule has 2 fully saturated rings. The Morgan fingerprint density at radius 3 is 2.71 bits per heavy atom. The van der Waals surface area contributed by atoms with Crippen molar-refractivity contribution >= 4 is 23.6 Å². The van der Waals surface area contributed by atoms with Gasteiger partial charge >= 0.3 is 5.97 Å². The summed E-state index contributed by atoms with van der Waals surface area (Å²) < 4.78 is -0.502. The first-order valence-corrected chi connectivity index (χ1v) is 6.78. The largest absolute Gasteiger partial charge is 0.480 e. The number of β-amino-alcohol motifs (C(OH)–C–C–N with tert-alkyl or cyclic N) is 1. The van der Waals surface area contributed by atoms with Gasteiger partial charge in [-0.3, -0.25) is 4.79 Å². The molecule has 2 N–H and O–H groups in total. The van der Waals surface area contributed by atoms with E-state index in [0.29, 0.717) is 0 Å². The second-order valence-corrected chi connectivity index (χ2v) is 6.48. The molecular formula is C11H17NO4S. The Morgan fingerprint density at radius 2 is 2.18 bits per heavy atom. The van der Waals surface area contributed by atoms with Crippen molar-refractivity contribution in [1.82, 2.24) is 4.90 Å². The first-order valence-electron chi connectivity index (χ1n) is 5.80. The summed E-state index contributed by atoms with van der Waals surface area (Å²) in [5.41, 5.74) is 0. The molecule has 6 heteroatoms. The van der Waals surface area contributed by atoms with Crippen LogP contribution in [0.2, 0.25) is 0 Å². The number of nitrogens with zero attached hydrogens (tertiary/aromatic N) is 1. The van der Waals surface area contributed by atoms with Crippen LogP contribution in [0.25, 0.3) is 0 Å². The number of hydrogen-bond acceptors (Lipinski definition) is 4. The maximum atomic E-state index is 12.4. The van der Waals surface area contributed by atoms with Gasteiger partial charge in [-0.25, -0.2) is 4.79 Å². The molecular weight excluding hydrogens is 242 g/mol. The van der Waals surface area contributed by atoms with Gasteiger partial charge in [-0.1, -0.05) is 0 Å². The van der Waals surface area contributed by atoms with Crippen LogP contribution in [0.4, 0.5) is 0 Å².